The third-order valence-corrected chi connectivity index (χ3v) is 2.24. The standard InChI is InChI=1S/2C7H7.C5H5.C4H11Si.Pt/c2*1-7-5-3-2-4-6-7;1-2-4-5-3-1;1-5(2,3)4;/h2*2-6H,1H2;1-5H;1H2,2-4H3;/q4*-1;+4. The van der Waals surface area contributed by atoms with E-state index in [-0.39, 0.29) is 21.1 Å². The third kappa shape index (κ3) is 24.8. The molecular formula is C23H30PtSi. The van der Waals surface area contributed by atoms with Gasteiger partial charge < -0.3 is 6.55 Å². The van der Waals surface area contributed by atoms with Crippen LogP contribution in [0.15, 0.2) is 91.0 Å². The molecule has 0 aromatic heterocycles. The summed E-state index contributed by atoms with van der Waals surface area (Å²) < 4.78 is 0. The van der Waals surface area contributed by atoms with Crippen molar-refractivity contribution in [1.82, 2.24) is 0 Å². The van der Waals surface area contributed by atoms with Gasteiger partial charge in [0.25, 0.3) is 0 Å². The van der Waals surface area contributed by atoms with Crippen LogP contribution in [0.5, 0.6) is 0 Å². The number of rotatable bonds is 0. The van der Waals surface area contributed by atoms with E-state index < -0.39 is 8.07 Å². The molecule has 0 saturated carbocycles. The molecule has 0 saturated heterocycles. The fourth-order valence-corrected chi connectivity index (χ4v) is 1.28. The van der Waals surface area contributed by atoms with Gasteiger partial charge in [-0.25, -0.2) is 12.1 Å². The van der Waals surface area contributed by atoms with Crippen LogP contribution in [-0.2, 0) is 21.1 Å². The molecule has 0 amide bonds. The molecule has 0 fully saturated rings. The molecule has 0 radical (unpaired) electrons. The van der Waals surface area contributed by atoms with E-state index in [0.29, 0.717) is 0 Å². The van der Waals surface area contributed by atoms with Gasteiger partial charge in [0, 0.05) is 0 Å². The van der Waals surface area contributed by atoms with Gasteiger partial charge in [-0.15, -0.1) is 32.3 Å². The van der Waals surface area contributed by atoms with Crippen molar-refractivity contribution in [3.05, 3.63) is 123 Å². The summed E-state index contributed by atoms with van der Waals surface area (Å²) in [7, 11) is -0.861. The zero-order chi connectivity index (χ0) is 18.3. The number of hydrogen-bond donors (Lipinski definition) is 0. The normalized spacial score (nSPS) is 8.80. The molecule has 0 aliphatic rings. The maximum atomic E-state index is 3.91. The topological polar surface area (TPSA) is 0 Å². The first kappa shape index (κ1) is 25.7. The zero-order valence-corrected chi connectivity index (χ0v) is 18.9. The van der Waals surface area contributed by atoms with Crippen LogP contribution in [0.3, 0.4) is 0 Å². The zero-order valence-electron chi connectivity index (χ0n) is 15.6. The fraction of sp³-hybridized carbons (Fsp3) is 0.130. The van der Waals surface area contributed by atoms with Gasteiger partial charge in [0.15, 0.2) is 0 Å². The summed E-state index contributed by atoms with van der Waals surface area (Å²) in [5.41, 5.74) is 2.14. The molecule has 0 heterocycles. The van der Waals surface area contributed by atoms with Crippen molar-refractivity contribution in [2.45, 2.75) is 19.6 Å². The Kier molecular flexibility index (Phi) is 16.4. The van der Waals surface area contributed by atoms with Crippen molar-refractivity contribution < 1.29 is 21.1 Å². The van der Waals surface area contributed by atoms with Crippen LogP contribution in [0.4, 0.5) is 0 Å². The third-order valence-electron chi connectivity index (χ3n) is 2.24. The Labute approximate surface area is 171 Å². The molecule has 3 aromatic carbocycles. The molecule has 0 bridgehead atoms. The Morgan fingerprint density at radius 3 is 1.04 bits per heavy atom. The van der Waals surface area contributed by atoms with E-state index in [2.05, 4.69) is 40.0 Å². The van der Waals surface area contributed by atoms with Gasteiger partial charge in [-0.05, 0) is 0 Å². The minimum Gasteiger partial charge on any atom is -0.342 e. The minimum atomic E-state index is -0.861. The molecule has 0 spiro atoms. The summed E-state index contributed by atoms with van der Waals surface area (Å²) in [6.45, 7) is 18.0. The van der Waals surface area contributed by atoms with E-state index in [1.54, 1.807) is 0 Å². The monoisotopic (exact) mass is 529 g/mol. The molecule has 25 heavy (non-hydrogen) atoms. The Hall–Kier alpha value is -1.56. The predicted octanol–water partition coefficient (Wildman–Crippen LogP) is 6.84. The summed E-state index contributed by atoms with van der Waals surface area (Å²) in [5, 5.41) is 0. The summed E-state index contributed by atoms with van der Waals surface area (Å²) in [5.74, 6) is 0. The van der Waals surface area contributed by atoms with E-state index in [9.17, 15) is 0 Å². The Bertz CT molecular complexity index is 520. The van der Waals surface area contributed by atoms with Gasteiger partial charge in [0.2, 0.25) is 0 Å². The van der Waals surface area contributed by atoms with Gasteiger partial charge in [-0.2, -0.15) is 67.4 Å². The Morgan fingerprint density at radius 1 is 0.640 bits per heavy atom. The molecular weight excluding hydrogens is 499 g/mol. The first-order valence-electron chi connectivity index (χ1n) is 8.05. The van der Waals surface area contributed by atoms with Crippen LogP contribution in [0.1, 0.15) is 11.1 Å². The van der Waals surface area contributed by atoms with Crippen LogP contribution >= 0.6 is 0 Å². The van der Waals surface area contributed by atoms with Crippen LogP contribution < -0.4 is 0 Å². The summed E-state index contributed by atoms with van der Waals surface area (Å²) in [6.07, 6.45) is 0. The largest absolute Gasteiger partial charge is 4.00 e. The van der Waals surface area contributed by atoms with Crippen LogP contribution in [0.25, 0.3) is 0 Å². The maximum Gasteiger partial charge on any atom is 4.00 e. The fourth-order valence-electron chi connectivity index (χ4n) is 1.28. The number of hydrogen-bond acceptors (Lipinski definition) is 0. The van der Waals surface area contributed by atoms with Gasteiger partial charge in [-0.3, -0.25) is 0 Å². The van der Waals surface area contributed by atoms with Crippen LogP contribution in [-0.4, -0.2) is 8.07 Å². The molecule has 0 aliphatic heterocycles. The molecule has 3 rings (SSSR count). The van der Waals surface area contributed by atoms with E-state index in [0.717, 1.165) is 11.1 Å². The van der Waals surface area contributed by atoms with Gasteiger partial charge in [0.1, 0.15) is 0 Å². The minimum absolute atomic E-state index is 0. The van der Waals surface area contributed by atoms with Gasteiger partial charge in [-0.1, -0.05) is 31.8 Å². The maximum absolute atomic E-state index is 3.91. The first-order valence-corrected chi connectivity index (χ1v) is 11.8. The average molecular weight is 530 g/mol. The van der Waals surface area contributed by atoms with E-state index in [1.165, 1.54) is 0 Å². The molecule has 0 N–H and O–H groups in total. The van der Waals surface area contributed by atoms with E-state index in [1.807, 2.05) is 91.0 Å². The summed E-state index contributed by atoms with van der Waals surface area (Å²) >= 11 is 0. The molecule has 0 atom stereocenters. The van der Waals surface area contributed by atoms with Crippen molar-refractivity contribution in [2.24, 2.45) is 0 Å². The van der Waals surface area contributed by atoms with Crippen molar-refractivity contribution >= 4 is 8.07 Å². The Balaban J connectivity index is 0. The molecule has 0 unspecified atom stereocenters. The first-order chi connectivity index (χ1) is 11.3. The SMILES string of the molecule is [CH2-][Si](C)(C)C.[CH2-]c1ccccc1.[CH2-]c1ccccc1.[Pt+4].c1cc[cH-]c1. The second kappa shape index (κ2) is 15.9. The van der Waals surface area contributed by atoms with Gasteiger partial charge in [0.05, 0.1) is 0 Å². The Morgan fingerprint density at radius 2 is 0.920 bits per heavy atom. The van der Waals surface area contributed by atoms with Crippen LogP contribution in [0.2, 0.25) is 19.6 Å². The average Bonchev–Trinajstić information content (AvgIpc) is 3.07. The van der Waals surface area contributed by atoms with E-state index >= 15 is 0 Å². The van der Waals surface area contributed by atoms with E-state index in [4.69, 9.17) is 0 Å². The molecule has 0 nitrogen and oxygen atoms in total. The van der Waals surface area contributed by atoms with Gasteiger partial charge >= 0.3 is 21.1 Å². The van der Waals surface area contributed by atoms with Crippen molar-refractivity contribution in [3.8, 4) is 0 Å². The van der Waals surface area contributed by atoms with Crippen molar-refractivity contribution in [2.75, 3.05) is 0 Å². The van der Waals surface area contributed by atoms with Crippen LogP contribution in [0, 0.1) is 20.4 Å². The second-order valence-corrected chi connectivity index (χ2v) is 11.6. The molecule has 0 aliphatic carbocycles. The predicted molar refractivity (Wildman–Crippen MR) is 113 cm³/mol. The number of benzene rings is 2. The summed E-state index contributed by atoms with van der Waals surface area (Å²) in [6, 6.07) is 29.7. The molecule has 3 aromatic rings. The smallest absolute Gasteiger partial charge is 0.342 e. The van der Waals surface area contributed by atoms with Crippen molar-refractivity contribution in [1.29, 1.82) is 0 Å². The summed E-state index contributed by atoms with van der Waals surface area (Å²) in [4.78, 5) is 0. The molecule has 2 heteroatoms. The molecule has 136 valence electrons. The van der Waals surface area contributed by atoms with Crippen molar-refractivity contribution in [3.63, 3.8) is 0 Å². The quantitative estimate of drug-likeness (QED) is 0.221. The second-order valence-electron chi connectivity index (χ2n) is 6.49.